The van der Waals surface area contributed by atoms with Crippen molar-refractivity contribution >= 4 is 40.0 Å². The maximum absolute atomic E-state index is 13.2. The monoisotopic (exact) mass is 569 g/mol. The fourth-order valence-corrected chi connectivity index (χ4v) is 6.04. The molecule has 1 saturated heterocycles. The molecule has 0 spiro atoms. The maximum atomic E-state index is 13.2. The van der Waals surface area contributed by atoms with Crippen LogP contribution in [-0.4, -0.2) is 61.7 Å². The van der Waals surface area contributed by atoms with Crippen LogP contribution in [0.2, 0.25) is 0 Å². The summed E-state index contributed by atoms with van der Waals surface area (Å²) >= 11 is 2.89. The molecule has 0 saturated carbocycles. The third-order valence-electron chi connectivity index (χ3n) is 6.32. The van der Waals surface area contributed by atoms with Crippen LogP contribution < -0.4 is 14.8 Å². The zero-order valence-electron chi connectivity index (χ0n) is 22.7. The number of rotatable bonds is 12. The third-order valence-corrected chi connectivity index (χ3v) is 8.50. The number of ether oxygens (including phenoxy) is 3. The van der Waals surface area contributed by atoms with Crippen LogP contribution >= 0.6 is 23.1 Å². The molecule has 2 aromatic carbocycles. The summed E-state index contributed by atoms with van der Waals surface area (Å²) in [6.07, 6.45) is 6.34. The number of nitrogens with one attached hydrogen (secondary N) is 1. The van der Waals surface area contributed by atoms with Gasteiger partial charge in [0.15, 0.2) is 5.13 Å². The minimum atomic E-state index is -0.227. The van der Waals surface area contributed by atoms with E-state index in [0.717, 1.165) is 33.3 Å². The molecule has 1 aromatic heterocycles. The molecule has 1 aliphatic rings. The average molecular weight is 570 g/mol. The Morgan fingerprint density at radius 2 is 1.90 bits per heavy atom. The normalized spacial score (nSPS) is 13.3. The van der Waals surface area contributed by atoms with Crippen LogP contribution in [0.3, 0.4) is 0 Å². The predicted octanol–water partition coefficient (Wildman–Crippen LogP) is 6.30. The van der Waals surface area contributed by atoms with Gasteiger partial charge in [-0.3, -0.25) is 14.9 Å². The van der Waals surface area contributed by atoms with E-state index in [0.29, 0.717) is 54.9 Å². The van der Waals surface area contributed by atoms with E-state index in [1.807, 2.05) is 31.2 Å². The molecule has 0 aliphatic carbocycles. The number of anilines is 1. The standard InChI is InChI=1S/C29H35N3O5S2/c1-4-5-6-7-14-37-22-10-8-21(9-11-22)27(33)31-29-30-19-26(39-29)38-25-18-23(24(35-3)17-20(25)2)28(34)32-12-15-36-16-13-32/h8-11,17-19H,4-7,12-16H2,1-3H3,(H,30,31,33). The zero-order valence-corrected chi connectivity index (χ0v) is 24.3. The lowest BCUT2D eigenvalue weighted by molar-refractivity contribution is 0.0300. The number of carbonyl (C=O) groups is 2. The first-order valence-corrected chi connectivity index (χ1v) is 14.8. The molecule has 0 unspecified atom stereocenters. The Labute approximate surface area is 238 Å². The number of carbonyl (C=O) groups excluding carboxylic acids is 2. The van der Waals surface area contributed by atoms with Gasteiger partial charge in [0, 0.05) is 23.5 Å². The van der Waals surface area contributed by atoms with E-state index in [4.69, 9.17) is 14.2 Å². The number of nitrogens with zero attached hydrogens (tertiary/aromatic N) is 2. The first-order valence-electron chi connectivity index (χ1n) is 13.2. The summed E-state index contributed by atoms with van der Waals surface area (Å²) in [4.78, 5) is 33.0. The number of thiazole rings is 1. The molecular formula is C29H35N3O5S2. The van der Waals surface area contributed by atoms with Crippen molar-refractivity contribution in [3.63, 3.8) is 0 Å². The molecule has 10 heteroatoms. The summed E-state index contributed by atoms with van der Waals surface area (Å²) in [5.41, 5.74) is 2.05. The van der Waals surface area contributed by atoms with Crippen LogP contribution in [0.5, 0.6) is 11.5 Å². The van der Waals surface area contributed by atoms with Crippen molar-refractivity contribution in [1.29, 1.82) is 0 Å². The predicted molar refractivity (Wildman–Crippen MR) is 155 cm³/mol. The van der Waals surface area contributed by atoms with Gasteiger partial charge in [0.05, 0.1) is 42.9 Å². The van der Waals surface area contributed by atoms with E-state index in [1.54, 1.807) is 30.3 Å². The van der Waals surface area contributed by atoms with E-state index in [1.165, 1.54) is 35.9 Å². The van der Waals surface area contributed by atoms with E-state index < -0.39 is 0 Å². The SMILES string of the molecule is CCCCCCOc1ccc(C(=O)Nc2ncc(Sc3cc(C(=O)N4CCOCC4)c(OC)cc3C)s2)cc1. The van der Waals surface area contributed by atoms with Crippen LogP contribution in [0.25, 0.3) is 0 Å². The second-order valence-corrected chi connectivity index (χ2v) is 11.6. The molecular weight excluding hydrogens is 534 g/mol. The molecule has 2 amide bonds. The van der Waals surface area contributed by atoms with Gasteiger partial charge < -0.3 is 19.1 Å². The van der Waals surface area contributed by atoms with Crippen molar-refractivity contribution in [1.82, 2.24) is 9.88 Å². The minimum absolute atomic E-state index is 0.0674. The molecule has 0 atom stereocenters. The number of methoxy groups -OCH3 is 1. The molecule has 1 aliphatic heterocycles. The number of hydrogen-bond acceptors (Lipinski definition) is 8. The lowest BCUT2D eigenvalue weighted by Gasteiger charge is -2.27. The molecule has 3 aromatic rings. The molecule has 0 bridgehead atoms. The van der Waals surface area contributed by atoms with Crippen molar-refractivity contribution < 1.29 is 23.8 Å². The van der Waals surface area contributed by atoms with Crippen molar-refractivity contribution in [2.45, 2.75) is 48.6 Å². The van der Waals surface area contributed by atoms with Gasteiger partial charge in [-0.25, -0.2) is 4.98 Å². The lowest BCUT2D eigenvalue weighted by atomic mass is 10.1. The van der Waals surface area contributed by atoms with Crippen molar-refractivity contribution in [3.05, 3.63) is 59.3 Å². The number of aromatic nitrogens is 1. The fraction of sp³-hybridized carbons (Fsp3) is 0.414. The second-order valence-electron chi connectivity index (χ2n) is 9.20. The van der Waals surface area contributed by atoms with Crippen LogP contribution in [0.15, 0.2) is 51.7 Å². The van der Waals surface area contributed by atoms with E-state index in [-0.39, 0.29) is 11.8 Å². The number of benzene rings is 2. The summed E-state index contributed by atoms with van der Waals surface area (Å²) in [5.74, 6) is 1.02. The van der Waals surface area contributed by atoms with Crippen LogP contribution in [-0.2, 0) is 4.74 Å². The Hall–Kier alpha value is -3.08. The largest absolute Gasteiger partial charge is 0.496 e. The van der Waals surface area contributed by atoms with Gasteiger partial charge in [-0.1, -0.05) is 49.3 Å². The number of unbranched alkanes of at least 4 members (excludes halogenated alkanes) is 3. The van der Waals surface area contributed by atoms with Crippen LogP contribution in [0, 0.1) is 6.92 Å². The van der Waals surface area contributed by atoms with Crippen LogP contribution in [0.1, 0.15) is 58.9 Å². The minimum Gasteiger partial charge on any atom is -0.496 e. The summed E-state index contributed by atoms with van der Waals surface area (Å²) in [5, 5.41) is 3.39. The van der Waals surface area contributed by atoms with Gasteiger partial charge in [-0.15, -0.1) is 0 Å². The molecule has 1 fully saturated rings. The van der Waals surface area contributed by atoms with Gasteiger partial charge in [-0.05, 0) is 55.3 Å². The first-order chi connectivity index (χ1) is 19.0. The Kier molecular flexibility index (Phi) is 10.6. The van der Waals surface area contributed by atoms with E-state index in [2.05, 4.69) is 17.2 Å². The Morgan fingerprint density at radius 3 is 2.62 bits per heavy atom. The lowest BCUT2D eigenvalue weighted by Crippen LogP contribution is -2.40. The first kappa shape index (κ1) is 28.9. The van der Waals surface area contributed by atoms with Crippen molar-refractivity contribution in [2.24, 2.45) is 0 Å². The highest BCUT2D eigenvalue weighted by Crippen LogP contribution is 2.38. The molecule has 39 heavy (non-hydrogen) atoms. The number of morpholine rings is 1. The van der Waals surface area contributed by atoms with Crippen molar-refractivity contribution in [2.75, 3.05) is 45.3 Å². The Bertz CT molecular complexity index is 1260. The second kappa shape index (κ2) is 14.3. The molecule has 1 N–H and O–H groups in total. The van der Waals surface area contributed by atoms with Crippen molar-refractivity contribution in [3.8, 4) is 11.5 Å². The number of aryl methyl sites for hydroxylation is 1. The summed E-state index contributed by atoms with van der Waals surface area (Å²) < 4.78 is 17.6. The van der Waals surface area contributed by atoms with Crippen LogP contribution in [0.4, 0.5) is 5.13 Å². The Balaban J connectivity index is 1.37. The molecule has 2 heterocycles. The highest BCUT2D eigenvalue weighted by atomic mass is 32.2. The molecule has 208 valence electrons. The van der Waals surface area contributed by atoms with Gasteiger partial charge in [-0.2, -0.15) is 0 Å². The zero-order chi connectivity index (χ0) is 27.6. The van der Waals surface area contributed by atoms with Gasteiger partial charge in [0.2, 0.25) is 0 Å². The molecule has 4 rings (SSSR count). The van der Waals surface area contributed by atoms with Gasteiger partial charge in [0.25, 0.3) is 11.8 Å². The summed E-state index contributed by atoms with van der Waals surface area (Å²) in [6, 6.07) is 10.9. The highest BCUT2D eigenvalue weighted by molar-refractivity contribution is 8.01. The van der Waals surface area contributed by atoms with E-state index in [9.17, 15) is 9.59 Å². The summed E-state index contributed by atoms with van der Waals surface area (Å²) in [6.45, 7) is 7.04. The summed E-state index contributed by atoms with van der Waals surface area (Å²) in [7, 11) is 1.57. The number of amides is 2. The quantitative estimate of drug-likeness (QED) is 0.256. The Morgan fingerprint density at radius 1 is 1.13 bits per heavy atom. The fourth-order valence-electron chi connectivity index (χ4n) is 4.11. The topological polar surface area (TPSA) is 90.0 Å². The smallest absolute Gasteiger partial charge is 0.257 e. The average Bonchev–Trinajstić information content (AvgIpc) is 3.40. The van der Waals surface area contributed by atoms with Gasteiger partial charge in [0.1, 0.15) is 11.5 Å². The van der Waals surface area contributed by atoms with E-state index >= 15 is 0 Å². The number of hydrogen-bond donors (Lipinski definition) is 1. The third kappa shape index (κ3) is 7.97. The highest BCUT2D eigenvalue weighted by Gasteiger charge is 2.23. The molecule has 0 radical (unpaired) electrons. The maximum Gasteiger partial charge on any atom is 0.257 e. The molecule has 8 nitrogen and oxygen atoms in total. The van der Waals surface area contributed by atoms with Gasteiger partial charge >= 0.3 is 0 Å².